The van der Waals surface area contributed by atoms with Crippen LogP contribution < -0.4 is 0 Å². The predicted octanol–water partition coefficient (Wildman–Crippen LogP) is 2.25. The van der Waals surface area contributed by atoms with Crippen LogP contribution in [0.3, 0.4) is 0 Å². The molecule has 122 valence electrons. The molecule has 1 fully saturated rings. The van der Waals surface area contributed by atoms with Crippen LogP contribution in [0.1, 0.15) is 53.4 Å². The van der Waals surface area contributed by atoms with Gasteiger partial charge in [0.15, 0.2) is 0 Å². The molecule has 0 aromatic rings. The fourth-order valence-corrected chi connectivity index (χ4v) is 2.58. The first-order valence-corrected chi connectivity index (χ1v) is 7.45. The molecule has 0 spiro atoms. The second-order valence-corrected chi connectivity index (χ2v) is 6.98. The molecular weight excluding hydrogens is 274 g/mol. The van der Waals surface area contributed by atoms with Gasteiger partial charge in [0, 0.05) is 13.1 Å². The first-order chi connectivity index (χ1) is 9.56. The number of piperidine rings is 1. The molecule has 0 bridgehead atoms. The standard InChI is InChI=1S/C15H27NO5/c1-11(17)6-8-15(12(18)19)7-5-9-16(10-15)13(20)21-14(2,3)4/h11,17H,5-10H2,1-4H3,(H,18,19). The Morgan fingerprint density at radius 3 is 2.48 bits per heavy atom. The fraction of sp³-hybridized carbons (Fsp3) is 0.867. The summed E-state index contributed by atoms with van der Waals surface area (Å²) in [5.41, 5.74) is -1.58. The summed E-state index contributed by atoms with van der Waals surface area (Å²) >= 11 is 0. The summed E-state index contributed by atoms with van der Waals surface area (Å²) in [6, 6.07) is 0. The molecule has 1 aliphatic rings. The lowest BCUT2D eigenvalue weighted by Gasteiger charge is -2.40. The average molecular weight is 301 g/mol. The lowest BCUT2D eigenvalue weighted by atomic mass is 9.76. The third kappa shape index (κ3) is 5.19. The van der Waals surface area contributed by atoms with Gasteiger partial charge in [-0.3, -0.25) is 4.79 Å². The Hall–Kier alpha value is -1.30. The Morgan fingerprint density at radius 2 is 2.00 bits per heavy atom. The van der Waals surface area contributed by atoms with Gasteiger partial charge in [0.05, 0.1) is 11.5 Å². The molecule has 1 rings (SSSR count). The van der Waals surface area contributed by atoms with Gasteiger partial charge in [-0.25, -0.2) is 4.79 Å². The van der Waals surface area contributed by atoms with Gasteiger partial charge in [-0.2, -0.15) is 0 Å². The molecule has 1 heterocycles. The molecule has 0 radical (unpaired) electrons. The summed E-state index contributed by atoms with van der Waals surface area (Å²) in [5.74, 6) is -0.906. The van der Waals surface area contributed by atoms with E-state index in [1.165, 1.54) is 4.90 Å². The van der Waals surface area contributed by atoms with E-state index in [1.54, 1.807) is 27.7 Å². The molecule has 1 amide bonds. The zero-order valence-corrected chi connectivity index (χ0v) is 13.4. The van der Waals surface area contributed by atoms with Crippen LogP contribution in [-0.4, -0.2) is 52.0 Å². The number of aliphatic carboxylic acids is 1. The molecule has 0 aromatic heterocycles. The summed E-state index contributed by atoms with van der Waals surface area (Å²) in [6.07, 6.45) is 0.913. The lowest BCUT2D eigenvalue weighted by Crippen LogP contribution is -2.51. The van der Waals surface area contributed by atoms with Crippen molar-refractivity contribution in [2.75, 3.05) is 13.1 Å². The number of carbonyl (C=O) groups is 2. The van der Waals surface area contributed by atoms with E-state index in [2.05, 4.69) is 0 Å². The zero-order valence-electron chi connectivity index (χ0n) is 13.4. The van der Waals surface area contributed by atoms with Gasteiger partial charge in [0.25, 0.3) is 0 Å². The molecule has 2 unspecified atom stereocenters. The number of ether oxygens (including phenoxy) is 1. The maximum atomic E-state index is 12.1. The van der Waals surface area contributed by atoms with Crippen LogP contribution in [0.2, 0.25) is 0 Å². The van der Waals surface area contributed by atoms with E-state index in [0.717, 1.165) is 0 Å². The van der Waals surface area contributed by atoms with Gasteiger partial charge in [-0.05, 0) is 53.4 Å². The highest BCUT2D eigenvalue weighted by Crippen LogP contribution is 2.36. The Bertz CT molecular complexity index is 388. The number of aliphatic hydroxyl groups excluding tert-OH is 1. The van der Waals surface area contributed by atoms with Crippen molar-refractivity contribution in [2.24, 2.45) is 5.41 Å². The molecule has 21 heavy (non-hydrogen) atoms. The molecule has 0 saturated carbocycles. The first kappa shape index (κ1) is 17.8. The maximum Gasteiger partial charge on any atom is 0.410 e. The molecule has 0 aromatic carbocycles. The second-order valence-electron chi connectivity index (χ2n) is 6.98. The summed E-state index contributed by atoms with van der Waals surface area (Å²) in [6.45, 7) is 7.65. The number of carboxylic acid groups (broad SMARTS) is 1. The topological polar surface area (TPSA) is 87.1 Å². The van der Waals surface area contributed by atoms with Crippen molar-refractivity contribution in [3.8, 4) is 0 Å². The van der Waals surface area contributed by atoms with Crippen LogP contribution in [0.5, 0.6) is 0 Å². The quantitative estimate of drug-likeness (QED) is 0.831. The molecule has 0 aliphatic carbocycles. The van der Waals surface area contributed by atoms with Gasteiger partial charge >= 0.3 is 12.1 Å². The van der Waals surface area contributed by atoms with Crippen LogP contribution >= 0.6 is 0 Å². The number of amides is 1. The minimum Gasteiger partial charge on any atom is -0.481 e. The van der Waals surface area contributed by atoms with E-state index in [4.69, 9.17) is 4.74 Å². The number of nitrogens with zero attached hydrogens (tertiary/aromatic N) is 1. The van der Waals surface area contributed by atoms with Crippen LogP contribution in [-0.2, 0) is 9.53 Å². The summed E-state index contributed by atoms with van der Waals surface area (Å²) in [5, 5.41) is 19.0. The van der Waals surface area contributed by atoms with Crippen LogP contribution in [0.15, 0.2) is 0 Å². The Labute approximate surface area is 126 Å². The molecule has 6 nitrogen and oxygen atoms in total. The van der Waals surface area contributed by atoms with Gasteiger partial charge in [0.1, 0.15) is 5.60 Å². The number of carbonyl (C=O) groups excluding carboxylic acids is 1. The highest BCUT2D eigenvalue weighted by Gasteiger charge is 2.44. The number of hydrogen-bond acceptors (Lipinski definition) is 4. The summed E-state index contributed by atoms with van der Waals surface area (Å²) in [4.78, 5) is 25.3. The molecule has 6 heteroatoms. The Balaban J connectivity index is 2.79. The van der Waals surface area contributed by atoms with Crippen molar-refractivity contribution in [3.63, 3.8) is 0 Å². The minimum absolute atomic E-state index is 0.143. The number of likely N-dealkylation sites (tertiary alicyclic amines) is 1. The first-order valence-electron chi connectivity index (χ1n) is 7.45. The van der Waals surface area contributed by atoms with Crippen LogP contribution in [0.4, 0.5) is 4.79 Å². The van der Waals surface area contributed by atoms with Crippen molar-refractivity contribution in [1.29, 1.82) is 0 Å². The summed E-state index contributed by atoms with van der Waals surface area (Å²) in [7, 11) is 0. The van der Waals surface area contributed by atoms with E-state index in [9.17, 15) is 19.8 Å². The third-order valence-electron chi connectivity index (χ3n) is 3.72. The Kier molecular flexibility index (Phi) is 5.61. The molecule has 2 N–H and O–H groups in total. The van der Waals surface area contributed by atoms with Gasteiger partial charge in [0.2, 0.25) is 0 Å². The third-order valence-corrected chi connectivity index (χ3v) is 3.72. The van der Waals surface area contributed by atoms with E-state index >= 15 is 0 Å². The van der Waals surface area contributed by atoms with E-state index < -0.39 is 29.2 Å². The van der Waals surface area contributed by atoms with Crippen LogP contribution in [0, 0.1) is 5.41 Å². The van der Waals surface area contributed by atoms with Crippen molar-refractivity contribution in [2.45, 2.75) is 65.1 Å². The minimum atomic E-state index is -0.980. The smallest absolute Gasteiger partial charge is 0.410 e. The Morgan fingerprint density at radius 1 is 1.38 bits per heavy atom. The van der Waals surface area contributed by atoms with Crippen molar-refractivity contribution < 1.29 is 24.5 Å². The highest BCUT2D eigenvalue weighted by molar-refractivity contribution is 5.77. The summed E-state index contributed by atoms with van der Waals surface area (Å²) < 4.78 is 5.32. The zero-order chi connectivity index (χ0) is 16.3. The number of hydrogen-bond donors (Lipinski definition) is 2. The average Bonchev–Trinajstić information content (AvgIpc) is 2.34. The molecular formula is C15H27NO5. The van der Waals surface area contributed by atoms with E-state index in [-0.39, 0.29) is 6.54 Å². The number of aliphatic hydroxyl groups is 1. The van der Waals surface area contributed by atoms with E-state index in [0.29, 0.717) is 32.2 Å². The fourth-order valence-electron chi connectivity index (χ4n) is 2.58. The number of rotatable bonds is 4. The highest BCUT2D eigenvalue weighted by atomic mass is 16.6. The van der Waals surface area contributed by atoms with E-state index in [1.807, 2.05) is 0 Å². The maximum absolute atomic E-state index is 12.1. The molecule has 1 saturated heterocycles. The largest absolute Gasteiger partial charge is 0.481 e. The lowest BCUT2D eigenvalue weighted by molar-refractivity contribution is -0.153. The van der Waals surface area contributed by atoms with Crippen LogP contribution in [0.25, 0.3) is 0 Å². The predicted molar refractivity (Wildman–Crippen MR) is 78.0 cm³/mol. The van der Waals surface area contributed by atoms with Crippen molar-refractivity contribution in [3.05, 3.63) is 0 Å². The second kappa shape index (κ2) is 6.64. The molecule has 2 atom stereocenters. The van der Waals surface area contributed by atoms with Gasteiger partial charge in [-0.15, -0.1) is 0 Å². The monoisotopic (exact) mass is 301 g/mol. The number of carboxylic acids is 1. The van der Waals surface area contributed by atoms with Crippen molar-refractivity contribution >= 4 is 12.1 Å². The molecule has 1 aliphatic heterocycles. The SMILES string of the molecule is CC(O)CCC1(C(=O)O)CCCN(C(=O)OC(C)(C)C)C1. The normalized spacial score (nSPS) is 24.5. The van der Waals surface area contributed by atoms with Crippen molar-refractivity contribution in [1.82, 2.24) is 4.90 Å². The van der Waals surface area contributed by atoms with Gasteiger partial charge < -0.3 is 19.8 Å². The van der Waals surface area contributed by atoms with Gasteiger partial charge in [-0.1, -0.05) is 0 Å².